The average Bonchev–Trinajstić information content (AvgIpc) is 2.47. The lowest BCUT2D eigenvalue weighted by Crippen LogP contribution is -2.48. The molecule has 4 heteroatoms. The lowest BCUT2D eigenvalue weighted by Gasteiger charge is -2.36. The number of rotatable bonds is 3. The second-order valence-corrected chi connectivity index (χ2v) is 5.49. The summed E-state index contributed by atoms with van der Waals surface area (Å²) in [6.07, 6.45) is 2.23. The molecule has 2 atom stereocenters. The highest BCUT2D eigenvalue weighted by atomic mass is 16.5. The molecule has 0 saturated carbocycles. The fourth-order valence-corrected chi connectivity index (χ4v) is 2.94. The van der Waals surface area contributed by atoms with E-state index in [0.717, 1.165) is 25.2 Å². The van der Waals surface area contributed by atoms with E-state index < -0.39 is 0 Å². The molecule has 1 saturated heterocycles. The first-order valence-electron chi connectivity index (χ1n) is 7.17. The summed E-state index contributed by atoms with van der Waals surface area (Å²) in [6.45, 7) is 5.42. The number of nitrogens with zero attached hydrogens (tertiary/aromatic N) is 2. The van der Waals surface area contributed by atoms with Crippen LogP contribution in [0.5, 0.6) is 0 Å². The van der Waals surface area contributed by atoms with E-state index in [4.69, 9.17) is 10.5 Å². The molecule has 0 radical (unpaired) electrons. The van der Waals surface area contributed by atoms with Crippen molar-refractivity contribution in [1.29, 1.82) is 0 Å². The van der Waals surface area contributed by atoms with Gasteiger partial charge in [-0.1, -0.05) is 24.3 Å². The maximum absolute atomic E-state index is 5.81. The van der Waals surface area contributed by atoms with Gasteiger partial charge in [-0.25, -0.2) is 0 Å². The zero-order valence-electron chi connectivity index (χ0n) is 11.8. The Kier molecular flexibility index (Phi) is 3.96. The van der Waals surface area contributed by atoms with Crippen molar-refractivity contribution in [3.63, 3.8) is 0 Å². The summed E-state index contributed by atoms with van der Waals surface area (Å²) in [4.78, 5) is 6.93. The summed E-state index contributed by atoms with van der Waals surface area (Å²) in [7, 11) is 0. The average molecular weight is 271 g/mol. The molecule has 0 aliphatic carbocycles. The fourth-order valence-electron chi connectivity index (χ4n) is 2.94. The summed E-state index contributed by atoms with van der Waals surface area (Å²) in [5.74, 6) is 0. The van der Waals surface area contributed by atoms with E-state index in [1.807, 2.05) is 12.3 Å². The summed E-state index contributed by atoms with van der Waals surface area (Å²) in [6, 6.07) is 10.5. The number of pyridine rings is 1. The standard InChI is InChI=1S/C16H21N3O/c1-12-9-19(11-15(8-17)20-12)10-14-5-2-4-13-6-3-7-18-16(13)14/h2-7,12,15H,8-11,17H2,1H3. The van der Waals surface area contributed by atoms with Crippen molar-refractivity contribution in [1.82, 2.24) is 9.88 Å². The van der Waals surface area contributed by atoms with Gasteiger partial charge in [-0.15, -0.1) is 0 Å². The smallest absolute Gasteiger partial charge is 0.0828 e. The molecule has 0 amide bonds. The quantitative estimate of drug-likeness (QED) is 0.924. The predicted octanol–water partition coefficient (Wildman–Crippen LogP) is 1.78. The van der Waals surface area contributed by atoms with Gasteiger partial charge in [-0.05, 0) is 18.6 Å². The molecule has 0 spiro atoms. The highest BCUT2D eigenvalue weighted by Crippen LogP contribution is 2.20. The summed E-state index contributed by atoms with van der Waals surface area (Å²) in [5, 5.41) is 1.20. The van der Waals surface area contributed by atoms with E-state index in [2.05, 4.69) is 41.1 Å². The first-order valence-corrected chi connectivity index (χ1v) is 7.17. The van der Waals surface area contributed by atoms with Crippen LogP contribution in [0.3, 0.4) is 0 Å². The van der Waals surface area contributed by atoms with Gasteiger partial charge in [0.2, 0.25) is 0 Å². The molecule has 1 fully saturated rings. The van der Waals surface area contributed by atoms with Gasteiger partial charge in [0.05, 0.1) is 17.7 Å². The Hall–Kier alpha value is -1.49. The van der Waals surface area contributed by atoms with E-state index in [9.17, 15) is 0 Å². The number of fused-ring (bicyclic) bond motifs is 1. The maximum Gasteiger partial charge on any atom is 0.0828 e. The van der Waals surface area contributed by atoms with Gasteiger partial charge >= 0.3 is 0 Å². The Morgan fingerprint density at radius 3 is 3.00 bits per heavy atom. The first kappa shape index (κ1) is 13.5. The Labute approximate surface area is 119 Å². The Bertz CT molecular complexity index is 581. The molecule has 3 rings (SSSR count). The maximum atomic E-state index is 5.81. The number of para-hydroxylation sites is 1. The van der Waals surface area contributed by atoms with Crippen molar-refractivity contribution in [2.24, 2.45) is 5.73 Å². The Morgan fingerprint density at radius 1 is 1.30 bits per heavy atom. The van der Waals surface area contributed by atoms with Gasteiger partial charge in [-0.3, -0.25) is 9.88 Å². The molecule has 1 aromatic carbocycles. The number of benzene rings is 1. The molecule has 2 unspecified atom stereocenters. The van der Waals surface area contributed by atoms with Crippen LogP contribution in [0.2, 0.25) is 0 Å². The third-order valence-corrected chi connectivity index (χ3v) is 3.78. The summed E-state index contributed by atoms with van der Waals surface area (Å²) in [5.41, 5.74) is 8.11. The zero-order chi connectivity index (χ0) is 13.9. The highest BCUT2D eigenvalue weighted by molar-refractivity contribution is 5.81. The normalized spacial score (nSPS) is 24.1. The van der Waals surface area contributed by atoms with Gasteiger partial charge in [-0.2, -0.15) is 0 Å². The Balaban J connectivity index is 1.82. The number of morpholine rings is 1. The van der Waals surface area contributed by atoms with Crippen LogP contribution in [0.25, 0.3) is 10.9 Å². The van der Waals surface area contributed by atoms with Crippen LogP contribution >= 0.6 is 0 Å². The van der Waals surface area contributed by atoms with Crippen LogP contribution in [0.15, 0.2) is 36.5 Å². The van der Waals surface area contributed by atoms with E-state index in [0.29, 0.717) is 6.54 Å². The first-order chi connectivity index (χ1) is 9.76. The second kappa shape index (κ2) is 5.87. The number of nitrogens with two attached hydrogens (primary N) is 1. The van der Waals surface area contributed by atoms with E-state index >= 15 is 0 Å². The van der Waals surface area contributed by atoms with Crippen molar-refractivity contribution < 1.29 is 4.74 Å². The van der Waals surface area contributed by atoms with Crippen molar-refractivity contribution in [3.05, 3.63) is 42.1 Å². The van der Waals surface area contributed by atoms with Crippen LogP contribution in [0.4, 0.5) is 0 Å². The number of hydrogen-bond donors (Lipinski definition) is 1. The summed E-state index contributed by atoms with van der Waals surface area (Å²) < 4.78 is 5.81. The topological polar surface area (TPSA) is 51.4 Å². The molecule has 106 valence electrons. The molecule has 2 aromatic rings. The molecular weight excluding hydrogens is 250 g/mol. The van der Waals surface area contributed by atoms with E-state index in [1.54, 1.807) is 0 Å². The summed E-state index contributed by atoms with van der Waals surface area (Å²) >= 11 is 0. The van der Waals surface area contributed by atoms with E-state index in [1.165, 1.54) is 10.9 Å². The minimum Gasteiger partial charge on any atom is -0.371 e. The van der Waals surface area contributed by atoms with Gasteiger partial charge in [0.15, 0.2) is 0 Å². The Morgan fingerprint density at radius 2 is 2.15 bits per heavy atom. The number of hydrogen-bond acceptors (Lipinski definition) is 4. The third-order valence-electron chi connectivity index (χ3n) is 3.78. The monoisotopic (exact) mass is 271 g/mol. The fraction of sp³-hybridized carbons (Fsp3) is 0.438. The van der Waals surface area contributed by atoms with E-state index in [-0.39, 0.29) is 12.2 Å². The second-order valence-electron chi connectivity index (χ2n) is 5.49. The van der Waals surface area contributed by atoms with Gasteiger partial charge in [0.1, 0.15) is 0 Å². The highest BCUT2D eigenvalue weighted by Gasteiger charge is 2.24. The van der Waals surface area contributed by atoms with Crippen LogP contribution in [-0.2, 0) is 11.3 Å². The van der Waals surface area contributed by atoms with Crippen LogP contribution < -0.4 is 5.73 Å². The molecule has 1 aliphatic heterocycles. The SMILES string of the molecule is CC1CN(Cc2cccc3cccnc23)CC(CN)O1. The van der Waals surface area contributed by atoms with Crippen molar-refractivity contribution >= 4 is 10.9 Å². The molecular formula is C16H21N3O. The van der Waals surface area contributed by atoms with Crippen molar-refractivity contribution in [2.75, 3.05) is 19.6 Å². The van der Waals surface area contributed by atoms with Crippen LogP contribution in [-0.4, -0.2) is 41.7 Å². The molecule has 20 heavy (non-hydrogen) atoms. The largest absolute Gasteiger partial charge is 0.371 e. The van der Waals surface area contributed by atoms with Gasteiger partial charge in [0, 0.05) is 37.8 Å². The van der Waals surface area contributed by atoms with Crippen molar-refractivity contribution in [2.45, 2.75) is 25.7 Å². The number of ether oxygens (including phenoxy) is 1. The molecule has 2 heterocycles. The molecule has 0 bridgehead atoms. The van der Waals surface area contributed by atoms with Crippen LogP contribution in [0, 0.1) is 0 Å². The molecule has 2 N–H and O–H groups in total. The molecule has 4 nitrogen and oxygen atoms in total. The zero-order valence-corrected chi connectivity index (χ0v) is 11.8. The minimum atomic E-state index is 0.140. The predicted molar refractivity (Wildman–Crippen MR) is 80.4 cm³/mol. The number of aromatic nitrogens is 1. The lowest BCUT2D eigenvalue weighted by molar-refractivity contribution is -0.0744. The minimum absolute atomic E-state index is 0.140. The third kappa shape index (κ3) is 2.82. The van der Waals surface area contributed by atoms with Gasteiger partial charge < -0.3 is 10.5 Å². The van der Waals surface area contributed by atoms with Crippen LogP contribution in [0.1, 0.15) is 12.5 Å². The van der Waals surface area contributed by atoms with Crippen molar-refractivity contribution in [3.8, 4) is 0 Å². The lowest BCUT2D eigenvalue weighted by atomic mass is 10.1. The molecule has 1 aromatic heterocycles. The molecule has 1 aliphatic rings. The van der Waals surface area contributed by atoms with Gasteiger partial charge in [0.25, 0.3) is 0 Å².